The fourth-order valence-corrected chi connectivity index (χ4v) is 3.33. The fourth-order valence-electron chi connectivity index (χ4n) is 3.33. The summed E-state index contributed by atoms with van der Waals surface area (Å²) >= 11 is 0. The third kappa shape index (κ3) is 7.38. The molecule has 0 amide bonds. The summed E-state index contributed by atoms with van der Waals surface area (Å²) in [6, 6.07) is 0.784. The van der Waals surface area contributed by atoms with Crippen LogP contribution in [0.2, 0.25) is 0 Å². The van der Waals surface area contributed by atoms with E-state index in [-0.39, 0.29) is 5.54 Å². The van der Waals surface area contributed by atoms with Crippen molar-refractivity contribution in [2.24, 2.45) is 5.41 Å². The molecule has 0 radical (unpaired) electrons. The second-order valence-electron chi connectivity index (χ2n) is 7.84. The van der Waals surface area contributed by atoms with Gasteiger partial charge in [0.15, 0.2) is 0 Å². The molecular weight excluding hydrogens is 220 g/mol. The van der Waals surface area contributed by atoms with E-state index in [1.54, 1.807) is 0 Å². The van der Waals surface area contributed by atoms with Crippen LogP contribution in [0.25, 0.3) is 0 Å². The molecule has 2 heteroatoms. The number of hydrogen-bond donors (Lipinski definition) is 2. The summed E-state index contributed by atoms with van der Waals surface area (Å²) in [5.41, 5.74) is 0.666. The number of nitrogens with one attached hydrogen (secondary N) is 2. The van der Waals surface area contributed by atoms with Crippen LogP contribution in [-0.2, 0) is 0 Å². The average molecular weight is 254 g/mol. The molecule has 1 saturated heterocycles. The normalized spacial score (nSPS) is 22.2. The maximum Gasteiger partial charge on any atom is 0.0130 e. The monoisotopic (exact) mass is 254 g/mol. The van der Waals surface area contributed by atoms with E-state index in [0.717, 1.165) is 12.6 Å². The molecule has 0 saturated carbocycles. The van der Waals surface area contributed by atoms with Crippen LogP contribution in [0.15, 0.2) is 0 Å². The zero-order chi connectivity index (χ0) is 13.6. The SMILES string of the molecule is CC(C)(C)CC(C)(C)NCCCC1CCCCN1. The van der Waals surface area contributed by atoms with Crippen LogP contribution >= 0.6 is 0 Å². The highest BCUT2D eigenvalue weighted by molar-refractivity contribution is 4.83. The zero-order valence-corrected chi connectivity index (χ0v) is 13.2. The smallest absolute Gasteiger partial charge is 0.0130 e. The van der Waals surface area contributed by atoms with Crippen molar-refractivity contribution in [3.05, 3.63) is 0 Å². The van der Waals surface area contributed by atoms with Gasteiger partial charge >= 0.3 is 0 Å². The lowest BCUT2D eigenvalue weighted by Crippen LogP contribution is -2.43. The highest BCUT2D eigenvalue weighted by atomic mass is 15.0. The summed E-state index contributed by atoms with van der Waals surface area (Å²) in [4.78, 5) is 0. The lowest BCUT2D eigenvalue weighted by Gasteiger charge is -2.34. The van der Waals surface area contributed by atoms with Gasteiger partial charge in [-0.15, -0.1) is 0 Å². The van der Waals surface area contributed by atoms with E-state index in [4.69, 9.17) is 0 Å². The molecular formula is C16H34N2. The van der Waals surface area contributed by atoms with E-state index in [1.165, 1.54) is 45.1 Å². The van der Waals surface area contributed by atoms with Gasteiger partial charge in [-0.05, 0) is 64.5 Å². The van der Waals surface area contributed by atoms with Crippen LogP contribution in [0.5, 0.6) is 0 Å². The number of piperidine rings is 1. The van der Waals surface area contributed by atoms with Crippen LogP contribution in [0.3, 0.4) is 0 Å². The predicted molar refractivity (Wildman–Crippen MR) is 81.0 cm³/mol. The Balaban J connectivity index is 2.12. The van der Waals surface area contributed by atoms with E-state index in [0.29, 0.717) is 5.41 Å². The second-order valence-corrected chi connectivity index (χ2v) is 7.84. The molecule has 2 nitrogen and oxygen atoms in total. The van der Waals surface area contributed by atoms with Crippen molar-refractivity contribution >= 4 is 0 Å². The average Bonchev–Trinajstić information content (AvgIpc) is 2.23. The van der Waals surface area contributed by atoms with Crippen LogP contribution in [0, 0.1) is 5.41 Å². The topological polar surface area (TPSA) is 24.1 Å². The Labute approximate surface area is 114 Å². The first-order valence-corrected chi connectivity index (χ1v) is 7.77. The van der Waals surface area contributed by atoms with E-state index >= 15 is 0 Å². The molecule has 0 aromatic carbocycles. The second kappa shape index (κ2) is 6.91. The van der Waals surface area contributed by atoms with Crippen LogP contribution in [-0.4, -0.2) is 24.7 Å². The molecule has 1 aliphatic heterocycles. The summed E-state index contributed by atoms with van der Waals surface area (Å²) in [6.07, 6.45) is 8.02. The van der Waals surface area contributed by atoms with Gasteiger partial charge in [-0.1, -0.05) is 27.2 Å². The summed E-state index contributed by atoms with van der Waals surface area (Å²) in [5.74, 6) is 0. The molecule has 0 aromatic heterocycles. The van der Waals surface area contributed by atoms with Gasteiger partial charge in [-0.2, -0.15) is 0 Å². The third-order valence-electron chi connectivity index (χ3n) is 3.72. The first-order valence-electron chi connectivity index (χ1n) is 7.77. The summed E-state index contributed by atoms with van der Waals surface area (Å²) in [5, 5.41) is 7.35. The lowest BCUT2D eigenvalue weighted by molar-refractivity contribution is 0.239. The fraction of sp³-hybridized carbons (Fsp3) is 1.00. The molecule has 1 aliphatic rings. The van der Waals surface area contributed by atoms with Gasteiger partial charge in [0.25, 0.3) is 0 Å². The highest BCUT2D eigenvalue weighted by Crippen LogP contribution is 2.26. The molecule has 0 aliphatic carbocycles. The first kappa shape index (κ1) is 16.0. The van der Waals surface area contributed by atoms with Gasteiger partial charge in [0, 0.05) is 11.6 Å². The molecule has 0 spiro atoms. The van der Waals surface area contributed by atoms with Crippen molar-refractivity contribution in [2.75, 3.05) is 13.1 Å². The van der Waals surface area contributed by atoms with Gasteiger partial charge in [-0.25, -0.2) is 0 Å². The quantitative estimate of drug-likeness (QED) is 0.706. The summed E-state index contributed by atoms with van der Waals surface area (Å²) in [7, 11) is 0. The Morgan fingerprint density at radius 2 is 1.83 bits per heavy atom. The van der Waals surface area contributed by atoms with E-state index in [9.17, 15) is 0 Å². The Kier molecular flexibility index (Phi) is 6.13. The van der Waals surface area contributed by atoms with E-state index < -0.39 is 0 Å². The van der Waals surface area contributed by atoms with Gasteiger partial charge in [0.2, 0.25) is 0 Å². The largest absolute Gasteiger partial charge is 0.314 e. The maximum atomic E-state index is 3.73. The molecule has 0 bridgehead atoms. The van der Waals surface area contributed by atoms with Gasteiger partial charge in [-0.3, -0.25) is 0 Å². The molecule has 1 rings (SSSR count). The van der Waals surface area contributed by atoms with Crippen LogP contribution < -0.4 is 10.6 Å². The summed E-state index contributed by atoms with van der Waals surface area (Å²) < 4.78 is 0. The van der Waals surface area contributed by atoms with E-state index in [1.807, 2.05) is 0 Å². The van der Waals surface area contributed by atoms with Crippen molar-refractivity contribution in [1.82, 2.24) is 10.6 Å². The predicted octanol–water partition coefficient (Wildman–Crippen LogP) is 3.71. The van der Waals surface area contributed by atoms with Gasteiger partial charge in [0.1, 0.15) is 0 Å². The molecule has 1 atom stereocenters. The minimum Gasteiger partial charge on any atom is -0.314 e. The molecule has 0 aromatic rings. The standard InChI is InChI=1S/C16H34N2/c1-15(2,3)13-16(4,5)18-12-8-10-14-9-6-7-11-17-14/h14,17-18H,6-13H2,1-5H3. The van der Waals surface area contributed by atoms with Crippen LogP contribution in [0.1, 0.15) is 73.1 Å². The van der Waals surface area contributed by atoms with Gasteiger partial charge < -0.3 is 10.6 Å². The Morgan fingerprint density at radius 1 is 1.11 bits per heavy atom. The number of hydrogen-bond acceptors (Lipinski definition) is 2. The van der Waals surface area contributed by atoms with Crippen molar-refractivity contribution < 1.29 is 0 Å². The Hall–Kier alpha value is -0.0800. The molecule has 108 valence electrons. The molecule has 1 unspecified atom stereocenters. The van der Waals surface area contributed by atoms with Crippen molar-refractivity contribution in [2.45, 2.75) is 84.7 Å². The Bertz CT molecular complexity index is 222. The van der Waals surface area contributed by atoms with Crippen LogP contribution in [0.4, 0.5) is 0 Å². The number of rotatable bonds is 6. The molecule has 1 heterocycles. The molecule has 2 N–H and O–H groups in total. The summed E-state index contributed by atoms with van der Waals surface area (Å²) in [6.45, 7) is 14.0. The van der Waals surface area contributed by atoms with Crippen molar-refractivity contribution in [1.29, 1.82) is 0 Å². The lowest BCUT2D eigenvalue weighted by atomic mass is 9.82. The molecule has 18 heavy (non-hydrogen) atoms. The van der Waals surface area contributed by atoms with Gasteiger partial charge in [0.05, 0.1) is 0 Å². The first-order chi connectivity index (χ1) is 8.29. The maximum absolute atomic E-state index is 3.73. The Morgan fingerprint density at radius 3 is 2.39 bits per heavy atom. The molecule has 1 fully saturated rings. The highest BCUT2D eigenvalue weighted by Gasteiger charge is 2.24. The third-order valence-corrected chi connectivity index (χ3v) is 3.72. The van der Waals surface area contributed by atoms with E-state index in [2.05, 4.69) is 45.3 Å². The zero-order valence-electron chi connectivity index (χ0n) is 13.2. The van der Waals surface area contributed by atoms with Crippen molar-refractivity contribution in [3.8, 4) is 0 Å². The minimum absolute atomic E-state index is 0.262. The van der Waals surface area contributed by atoms with Crippen molar-refractivity contribution in [3.63, 3.8) is 0 Å². The minimum atomic E-state index is 0.262.